The van der Waals surface area contributed by atoms with Gasteiger partial charge < -0.3 is 19.9 Å². The number of nitrogens with zero attached hydrogens (tertiary/aromatic N) is 2. The van der Waals surface area contributed by atoms with Crippen molar-refractivity contribution in [3.05, 3.63) is 22.4 Å². The minimum Gasteiger partial charge on any atom is -0.381 e. The zero-order chi connectivity index (χ0) is 18.9. The fraction of sp³-hybridized carbons (Fsp3) is 0.700. The third kappa shape index (κ3) is 4.14. The molecule has 2 unspecified atom stereocenters. The number of ether oxygens (including phenoxy) is 1. The standard InChI is InChI=1S/C20H29N3O3S/c1-15(24)23(12-17-3-9-27-14-17)18-10-20(18)4-6-22(7-5-20)19(25)21-11-16-2-8-26-13-16/h3,9,14,16,18H,2,4-8,10-13H2,1H3,(H,21,25). The van der Waals surface area contributed by atoms with Crippen LogP contribution in [-0.4, -0.2) is 60.6 Å². The van der Waals surface area contributed by atoms with E-state index in [1.54, 1.807) is 18.3 Å². The zero-order valence-corrected chi connectivity index (χ0v) is 16.8. The summed E-state index contributed by atoms with van der Waals surface area (Å²) in [5, 5.41) is 7.25. The maximum absolute atomic E-state index is 12.4. The van der Waals surface area contributed by atoms with Gasteiger partial charge in [0, 0.05) is 51.7 Å². The van der Waals surface area contributed by atoms with Crippen LogP contribution in [0.15, 0.2) is 16.8 Å². The summed E-state index contributed by atoms with van der Waals surface area (Å²) in [5.74, 6) is 0.612. The Labute approximate surface area is 164 Å². The molecule has 7 heteroatoms. The number of amides is 3. The summed E-state index contributed by atoms with van der Waals surface area (Å²) in [4.78, 5) is 28.6. The van der Waals surface area contributed by atoms with Gasteiger partial charge in [-0.05, 0) is 53.5 Å². The van der Waals surface area contributed by atoms with Crippen molar-refractivity contribution in [2.24, 2.45) is 11.3 Å². The van der Waals surface area contributed by atoms with Gasteiger partial charge in [0.25, 0.3) is 0 Å². The molecule has 3 aliphatic rings. The van der Waals surface area contributed by atoms with Gasteiger partial charge in [0.1, 0.15) is 0 Å². The summed E-state index contributed by atoms with van der Waals surface area (Å²) >= 11 is 1.67. The molecular weight excluding hydrogens is 362 g/mol. The van der Waals surface area contributed by atoms with E-state index in [0.29, 0.717) is 25.0 Å². The van der Waals surface area contributed by atoms with Crippen LogP contribution in [0.2, 0.25) is 0 Å². The summed E-state index contributed by atoms with van der Waals surface area (Å²) < 4.78 is 5.36. The van der Waals surface area contributed by atoms with Crippen LogP contribution in [0.25, 0.3) is 0 Å². The average molecular weight is 392 g/mol. The lowest BCUT2D eigenvalue weighted by atomic mass is 9.92. The number of piperidine rings is 1. The maximum atomic E-state index is 12.4. The average Bonchev–Trinajstić information content (AvgIpc) is 3.08. The van der Waals surface area contributed by atoms with Gasteiger partial charge in [-0.25, -0.2) is 4.79 Å². The fourth-order valence-corrected chi connectivity index (χ4v) is 5.23. The largest absolute Gasteiger partial charge is 0.381 e. The van der Waals surface area contributed by atoms with Crippen molar-refractivity contribution in [1.29, 1.82) is 0 Å². The Balaban J connectivity index is 1.27. The van der Waals surface area contributed by atoms with Crippen molar-refractivity contribution >= 4 is 23.3 Å². The highest BCUT2D eigenvalue weighted by Crippen LogP contribution is 2.57. The molecule has 1 aromatic heterocycles. The van der Waals surface area contributed by atoms with Crippen molar-refractivity contribution in [1.82, 2.24) is 15.1 Å². The lowest BCUT2D eigenvalue weighted by molar-refractivity contribution is -0.130. The number of hydrogen-bond donors (Lipinski definition) is 1. The summed E-state index contributed by atoms with van der Waals surface area (Å²) in [5.41, 5.74) is 1.43. The van der Waals surface area contributed by atoms with Crippen LogP contribution in [0.3, 0.4) is 0 Å². The van der Waals surface area contributed by atoms with Crippen LogP contribution < -0.4 is 5.32 Å². The molecule has 2 saturated heterocycles. The molecule has 2 aliphatic heterocycles. The lowest BCUT2D eigenvalue weighted by Crippen LogP contribution is -2.47. The second-order valence-corrected chi connectivity index (χ2v) is 9.04. The number of rotatable bonds is 5. The molecule has 2 atom stereocenters. The van der Waals surface area contributed by atoms with Crippen molar-refractivity contribution < 1.29 is 14.3 Å². The molecule has 3 fully saturated rings. The second kappa shape index (κ2) is 7.80. The third-order valence-corrected chi connectivity index (χ3v) is 7.20. The molecule has 27 heavy (non-hydrogen) atoms. The zero-order valence-electron chi connectivity index (χ0n) is 16.0. The number of likely N-dealkylation sites (tertiary alicyclic amines) is 1. The minimum absolute atomic E-state index is 0.0515. The predicted octanol–water partition coefficient (Wildman–Crippen LogP) is 2.70. The molecule has 0 radical (unpaired) electrons. The Bertz CT molecular complexity index is 664. The highest BCUT2D eigenvalue weighted by molar-refractivity contribution is 7.07. The molecule has 0 bridgehead atoms. The number of thiophene rings is 1. The van der Waals surface area contributed by atoms with E-state index in [1.165, 1.54) is 5.56 Å². The quantitative estimate of drug-likeness (QED) is 0.839. The fourth-order valence-electron chi connectivity index (χ4n) is 4.57. The first-order chi connectivity index (χ1) is 13.1. The SMILES string of the molecule is CC(=O)N(Cc1ccsc1)C1CC12CCN(C(=O)NCC1CCOC1)CC2. The third-order valence-electron chi connectivity index (χ3n) is 6.47. The Hall–Kier alpha value is -1.60. The second-order valence-electron chi connectivity index (χ2n) is 8.26. The Kier molecular flexibility index (Phi) is 5.41. The van der Waals surface area contributed by atoms with Crippen molar-refractivity contribution in [2.45, 2.75) is 45.2 Å². The molecule has 0 aromatic carbocycles. The van der Waals surface area contributed by atoms with Crippen LogP contribution in [-0.2, 0) is 16.1 Å². The van der Waals surface area contributed by atoms with Crippen LogP contribution >= 0.6 is 11.3 Å². The number of carbonyl (C=O) groups excluding carboxylic acids is 2. The van der Waals surface area contributed by atoms with E-state index in [9.17, 15) is 9.59 Å². The molecule has 1 aliphatic carbocycles. The summed E-state index contributed by atoms with van der Waals surface area (Å²) in [6.07, 6.45) is 4.09. The van der Waals surface area contributed by atoms with Crippen molar-refractivity contribution in [3.8, 4) is 0 Å². The normalized spacial score (nSPS) is 26.2. The van der Waals surface area contributed by atoms with Gasteiger partial charge in [-0.2, -0.15) is 11.3 Å². The Morgan fingerprint density at radius 1 is 1.41 bits per heavy atom. The monoisotopic (exact) mass is 391 g/mol. The highest BCUT2D eigenvalue weighted by Gasteiger charge is 2.58. The first kappa shape index (κ1) is 18.7. The molecule has 1 spiro atoms. The first-order valence-corrected chi connectivity index (χ1v) is 10.9. The Morgan fingerprint density at radius 3 is 2.85 bits per heavy atom. The molecule has 3 heterocycles. The summed E-state index contributed by atoms with van der Waals surface area (Å²) in [6.45, 7) is 6.23. The van der Waals surface area contributed by atoms with E-state index >= 15 is 0 Å². The maximum Gasteiger partial charge on any atom is 0.317 e. The van der Waals surface area contributed by atoms with E-state index in [-0.39, 0.29) is 17.4 Å². The highest BCUT2D eigenvalue weighted by atomic mass is 32.1. The van der Waals surface area contributed by atoms with Gasteiger partial charge in [-0.3, -0.25) is 4.79 Å². The number of carbonyl (C=O) groups is 2. The molecule has 6 nitrogen and oxygen atoms in total. The van der Waals surface area contributed by atoms with Gasteiger partial charge in [0.15, 0.2) is 0 Å². The summed E-state index contributed by atoms with van der Waals surface area (Å²) in [6, 6.07) is 2.48. The Morgan fingerprint density at radius 2 is 2.22 bits per heavy atom. The van der Waals surface area contributed by atoms with Crippen LogP contribution in [0.4, 0.5) is 4.79 Å². The number of hydrogen-bond acceptors (Lipinski definition) is 4. The van der Waals surface area contributed by atoms with E-state index in [4.69, 9.17) is 4.74 Å². The van der Waals surface area contributed by atoms with Crippen LogP contribution in [0, 0.1) is 11.3 Å². The van der Waals surface area contributed by atoms with E-state index in [1.807, 2.05) is 9.80 Å². The van der Waals surface area contributed by atoms with E-state index in [0.717, 1.165) is 52.0 Å². The smallest absolute Gasteiger partial charge is 0.317 e. The van der Waals surface area contributed by atoms with Crippen LogP contribution in [0.5, 0.6) is 0 Å². The first-order valence-electron chi connectivity index (χ1n) is 9.96. The van der Waals surface area contributed by atoms with Gasteiger partial charge in [-0.1, -0.05) is 0 Å². The predicted molar refractivity (Wildman–Crippen MR) is 105 cm³/mol. The summed E-state index contributed by atoms with van der Waals surface area (Å²) in [7, 11) is 0. The molecule has 1 saturated carbocycles. The molecule has 1 aromatic rings. The molecule has 3 amide bonds. The van der Waals surface area contributed by atoms with Crippen molar-refractivity contribution in [2.75, 3.05) is 32.8 Å². The van der Waals surface area contributed by atoms with E-state index < -0.39 is 0 Å². The van der Waals surface area contributed by atoms with Gasteiger partial charge >= 0.3 is 6.03 Å². The van der Waals surface area contributed by atoms with Gasteiger partial charge in [0.2, 0.25) is 5.91 Å². The lowest BCUT2D eigenvalue weighted by Gasteiger charge is -2.35. The van der Waals surface area contributed by atoms with Gasteiger partial charge in [0.05, 0.1) is 6.61 Å². The van der Waals surface area contributed by atoms with Gasteiger partial charge in [-0.15, -0.1) is 0 Å². The molecule has 4 rings (SSSR count). The molecule has 1 N–H and O–H groups in total. The number of urea groups is 1. The molecular formula is C20H29N3O3S. The van der Waals surface area contributed by atoms with Crippen molar-refractivity contribution in [3.63, 3.8) is 0 Å². The van der Waals surface area contributed by atoms with E-state index in [2.05, 4.69) is 22.1 Å². The minimum atomic E-state index is 0.0515. The topological polar surface area (TPSA) is 61.9 Å². The van der Waals surface area contributed by atoms with Crippen LogP contribution in [0.1, 0.15) is 38.2 Å². The number of nitrogens with one attached hydrogen (secondary N) is 1. The molecule has 148 valence electrons.